The number of nitrogens with zero attached hydrogens (tertiary/aromatic N) is 1. The summed E-state index contributed by atoms with van der Waals surface area (Å²) in [5, 5.41) is 2.10. The van der Waals surface area contributed by atoms with E-state index in [0.717, 1.165) is 21.1 Å². The Morgan fingerprint density at radius 2 is 2.23 bits per heavy atom. The molecule has 13 heavy (non-hydrogen) atoms. The van der Waals surface area contributed by atoms with Gasteiger partial charge >= 0.3 is 0 Å². The van der Waals surface area contributed by atoms with Crippen molar-refractivity contribution in [3.8, 4) is 0 Å². The van der Waals surface area contributed by atoms with Crippen molar-refractivity contribution in [3.63, 3.8) is 0 Å². The molecule has 0 atom stereocenters. The lowest BCUT2D eigenvalue weighted by Gasteiger charge is -1.88. The predicted molar refractivity (Wildman–Crippen MR) is 51.4 cm³/mol. The highest BCUT2D eigenvalue weighted by atomic mass is 32.1. The molecule has 0 amide bonds. The number of hydrogen-bond donors (Lipinski definition) is 1. The fraction of sp³-hybridized carbons (Fsp3) is 0. The first-order valence-corrected chi connectivity index (χ1v) is 4.63. The number of nitrogens with one attached hydrogen (secondary N) is 1. The molecule has 0 aliphatic carbocycles. The second-order valence-electron chi connectivity index (χ2n) is 2.88. The molecule has 0 bridgehead atoms. The maximum absolute atomic E-state index is 12.8. The lowest BCUT2D eigenvalue weighted by Crippen LogP contribution is -1.72. The Balaban J connectivity index is 2.59. The molecular weight excluding hydrogens is 187 g/mol. The number of hydrogen-bond acceptors (Lipinski definition) is 2. The summed E-state index contributed by atoms with van der Waals surface area (Å²) in [6.45, 7) is 0. The first-order chi connectivity index (χ1) is 6.34. The van der Waals surface area contributed by atoms with E-state index in [1.807, 2.05) is 0 Å². The molecule has 2 nitrogen and oxygen atoms in total. The Bertz CT molecular complexity index is 581. The minimum atomic E-state index is -0.214. The fourth-order valence-corrected chi connectivity index (χ4v) is 2.18. The van der Waals surface area contributed by atoms with Gasteiger partial charge in [-0.05, 0) is 29.7 Å². The van der Waals surface area contributed by atoms with Crippen LogP contribution >= 0.6 is 11.5 Å². The Hall–Kier alpha value is -1.42. The molecule has 0 unspecified atom stereocenters. The fourth-order valence-electron chi connectivity index (χ4n) is 1.50. The Morgan fingerprint density at radius 1 is 1.31 bits per heavy atom. The summed E-state index contributed by atoms with van der Waals surface area (Å²) in [5.41, 5.74) is 0.837. The standard InChI is InChI=1S/C9H5FN2S/c10-5-1-2-6-7-4-11-13-9(7)12-8(6)3-5/h1-4,12H. The molecule has 1 aromatic carbocycles. The second-order valence-corrected chi connectivity index (χ2v) is 3.69. The molecule has 0 saturated carbocycles. The minimum absolute atomic E-state index is 0.214. The van der Waals surface area contributed by atoms with Gasteiger partial charge in [-0.2, -0.15) is 4.37 Å². The summed E-state index contributed by atoms with van der Waals surface area (Å²) in [6, 6.07) is 4.74. The zero-order valence-electron chi connectivity index (χ0n) is 6.54. The number of aromatic amines is 1. The molecule has 1 N–H and O–H groups in total. The van der Waals surface area contributed by atoms with Crippen LogP contribution in [0.3, 0.4) is 0 Å². The van der Waals surface area contributed by atoms with Gasteiger partial charge in [-0.15, -0.1) is 0 Å². The van der Waals surface area contributed by atoms with E-state index in [1.54, 1.807) is 12.3 Å². The number of rotatable bonds is 0. The highest BCUT2D eigenvalue weighted by Crippen LogP contribution is 2.27. The largest absolute Gasteiger partial charge is 0.345 e. The normalized spacial score (nSPS) is 11.5. The quantitative estimate of drug-likeness (QED) is 0.583. The van der Waals surface area contributed by atoms with Gasteiger partial charge in [-0.1, -0.05) is 0 Å². The molecule has 0 saturated heterocycles. The number of H-pyrrole nitrogens is 1. The zero-order chi connectivity index (χ0) is 8.84. The molecule has 4 heteroatoms. The van der Waals surface area contributed by atoms with Crippen molar-refractivity contribution in [2.75, 3.05) is 0 Å². The van der Waals surface area contributed by atoms with Crippen molar-refractivity contribution < 1.29 is 4.39 Å². The molecule has 0 aliphatic heterocycles. The van der Waals surface area contributed by atoms with Gasteiger partial charge in [0.05, 0.1) is 11.7 Å². The first-order valence-electron chi connectivity index (χ1n) is 3.86. The van der Waals surface area contributed by atoms with Crippen LogP contribution in [0.15, 0.2) is 24.4 Å². The van der Waals surface area contributed by atoms with Gasteiger partial charge in [0.1, 0.15) is 10.6 Å². The van der Waals surface area contributed by atoms with Gasteiger partial charge in [-0.25, -0.2) is 4.39 Å². The number of aromatic nitrogens is 2. The molecule has 0 radical (unpaired) electrons. The Labute approximate surface area is 77.2 Å². The second kappa shape index (κ2) is 2.29. The summed E-state index contributed by atoms with van der Waals surface area (Å²) in [4.78, 5) is 4.12. The Morgan fingerprint density at radius 3 is 3.15 bits per heavy atom. The molecule has 2 heterocycles. The summed E-state index contributed by atoms with van der Waals surface area (Å²) in [7, 11) is 0. The highest BCUT2D eigenvalue weighted by molar-refractivity contribution is 7.13. The van der Waals surface area contributed by atoms with Crippen LogP contribution in [0.5, 0.6) is 0 Å². The number of benzene rings is 1. The monoisotopic (exact) mass is 192 g/mol. The topological polar surface area (TPSA) is 28.7 Å². The molecular formula is C9H5FN2S. The van der Waals surface area contributed by atoms with E-state index >= 15 is 0 Å². The smallest absolute Gasteiger partial charge is 0.125 e. The van der Waals surface area contributed by atoms with Crippen molar-refractivity contribution in [1.82, 2.24) is 9.36 Å². The van der Waals surface area contributed by atoms with Crippen molar-refractivity contribution in [2.24, 2.45) is 0 Å². The van der Waals surface area contributed by atoms with Crippen molar-refractivity contribution >= 4 is 32.7 Å². The van der Waals surface area contributed by atoms with Crippen LogP contribution in [0, 0.1) is 5.82 Å². The molecule has 3 aromatic rings. The van der Waals surface area contributed by atoms with Crippen LogP contribution in [0.1, 0.15) is 0 Å². The summed E-state index contributed by atoms with van der Waals surface area (Å²) in [6.07, 6.45) is 1.80. The van der Waals surface area contributed by atoms with E-state index in [1.165, 1.54) is 23.7 Å². The maximum atomic E-state index is 12.8. The molecule has 0 spiro atoms. The minimum Gasteiger partial charge on any atom is -0.345 e. The lowest BCUT2D eigenvalue weighted by atomic mass is 10.2. The van der Waals surface area contributed by atoms with Crippen molar-refractivity contribution in [1.29, 1.82) is 0 Å². The lowest BCUT2D eigenvalue weighted by molar-refractivity contribution is 0.629. The Kier molecular flexibility index (Phi) is 1.24. The van der Waals surface area contributed by atoms with Gasteiger partial charge in [0.25, 0.3) is 0 Å². The third kappa shape index (κ3) is 0.890. The van der Waals surface area contributed by atoms with Crippen LogP contribution in [0.25, 0.3) is 21.1 Å². The van der Waals surface area contributed by atoms with E-state index in [9.17, 15) is 4.39 Å². The number of halogens is 1. The van der Waals surface area contributed by atoms with E-state index in [-0.39, 0.29) is 5.82 Å². The van der Waals surface area contributed by atoms with Gasteiger partial charge in [0.2, 0.25) is 0 Å². The third-order valence-corrected chi connectivity index (χ3v) is 2.81. The summed E-state index contributed by atoms with van der Waals surface area (Å²) < 4.78 is 16.9. The van der Waals surface area contributed by atoms with Crippen LogP contribution in [0.2, 0.25) is 0 Å². The molecule has 3 rings (SSSR count). The molecule has 64 valence electrons. The van der Waals surface area contributed by atoms with Gasteiger partial charge in [-0.3, -0.25) is 0 Å². The van der Waals surface area contributed by atoms with E-state index < -0.39 is 0 Å². The third-order valence-electron chi connectivity index (χ3n) is 2.09. The van der Waals surface area contributed by atoms with Crippen LogP contribution in [-0.2, 0) is 0 Å². The maximum Gasteiger partial charge on any atom is 0.125 e. The van der Waals surface area contributed by atoms with Crippen molar-refractivity contribution in [2.45, 2.75) is 0 Å². The van der Waals surface area contributed by atoms with Crippen molar-refractivity contribution in [3.05, 3.63) is 30.2 Å². The van der Waals surface area contributed by atoms with Crippen LogP contribution in [-0.4, -0.2) is 9.36 Å². The van der Waals surface area contributed by atoms with E-state index in [4.69, 9.17) is 0 Å². The first kappa shape index (κ1) is 7.03. The number of fused-ring (bicyclic) bond motifs is 3. The molecule has 0 fully saturated rings. The highest BCUT2D eigenvalue weighted by Gasteiger charge is 2.05. The van der Waals surface area contributed by atoms with Gasteiger partial charge in [0, 0.05) is 10.8 Å². The summed E-state index contributed by atoms with van der Waals surface area (Å²) in [5.74, 6) is -0.214. The average Bonchev–Trinajstić information content (AvgIpc) is 2.62. The average molecular weight is 192 g/mol. The SMILES string of the molecule is Fc1ccc2c(c1)[nH]c1sncc12. The van der Waals surface area contributed by atoms with Crippen LogP contribution < -0.4 is 0 Å². The zero-order valence-corrected chi connectivity index (χ0v) is 7.36. The van der Waals surface area contributed by atoms with E-state index in [0.29, 0.717) is 0 Å². The van der Waals surface area contributed by atoms with Crippen LogP contribution in [0.4, 0.5) is 4.39 Å². The summed E-state index contributed by atoms with van der Waals surface area (Å²) >= 11 is 1.39. The molecule has 2 aromatic heterocycles. The van der Waals surface area contributed by atoms with E-state index in [2.05, 4.69) is 9.36 Å². The molecule has 0 aliphatic rings. The van der Waals surface area contributed by atoms with Gasteiger partial charge in [0.15, 0.2) is 0 Å². The predicted octanol–water partition coefficient (Wildman–Crippen LogP) is 2.92. The van der Waals surface area contributed by atoms with Gasteiger partial charge < -0.3 is 4.98 Å².